The van der Waals surface area contributed by atoms with E-state index in [9.17, 15) is 0 Å². The first-order valence-electron chi connectivity index (χ1n) is 16.3. The zero-order chi connectivity index (χ0) is 33.4. The molecule has 0 atom stereocenters. The van der Waals surface area contributed by atoms with Gasteiger partial charge in [0.05, 0.1) is 32.9 Å². The maximum atomic E-state index is 6.69. The topological polar surface area (TPSA) is 64.7 Å². The Morgan fingerprint density at radius 2 is 1.24 bits per heavy atom. The number of para-hydroxylation sites is 1. The third kappa shape index (κ3) is 5.19. The molecule has 236 valence electrons. The highest BCUT2D eigenvalue weighted by molar-refractivity contribution is 7.26. The Labute approximate surface area is 292 Å². The van der Waals surface area contributed by atoms with Gasteiger partial charge >= 0.3 is 0 Å². The maximum Gasteiger partial charge on any atom is 0.164 e. The third-order valence-corrected chi connectivity index (χ3v) is 9.91. The van der Waals surface area contributed by atoms with Gasteiger partial charge in [-0.2, -0.15) is 0 Å². The van der Waals surface area contributed by atoms with Gasteiger partial charge in [-0.15, -0.1) is 11.3 Å². The number of nitrogens with zero attached hydrogens (tertiary/aromatic N) is 4. The highest BCUT2D eigenvalue weighted by atomic mass is 32.1. The normalized spacial score (nSPS) is 11.9. The lowest BCUT2D eigenvalue weighted by molar-refractivity contribution is 0.669. The van der Waals surface area contributed by atoms with Crippen LogP contribution in [0.4, 0.5) is 0 Å². The van der Waals surface area contributed by atoms with Gasteiger partial charge in [-0.25, -0.2) is 19.9 Å². The molecule has 0 amide bonds. The van der Waals surface area contributed by atoms with E-state index >= 15 is 0 Å². The van der Waals surface area contributed by atoms with Crippen molar-refractivity contribution in [2.75, 3.05) is 0 Å². The standard InChI is InChI=1S/C44H28N4OS/c1-2-3-4-11-24-34-42-40(30-20-12-13-26-38(30)50-42)48-43(45-34)32-22-15-25-37-39(32)31-21-14-23-33(41(31)49-37)44-46-35(28-16-7-5-8-17-28)27-36(47-44)29-18-9-6-10-19-29/h2-27H,1H2/b4-3-,24-11+. The molecule has 0 N–H and O–H groups in total. The Hall–Kier alpha value is -6.50. The number of hydrogen-bond acceptors (Lipinski definition) is 6. The van der Waals surface area contributed by atoms with Crippen LogP contribution in [-0.2, 0) is 0 Å². The second-order valence-electron chi connectivity index (χ2n) is 11.8. The number of fused-ring (bicyclic) bond motifs is 6. The van der Waals surface area contributed by atoms with E-state index in [-0.39, 0.29) is 0 Å². The van der Waals surface area contributed by atoms with Gasteiger partial charge in [0.25, 0.3) is 0 Å². The fourth-order valence-corrected chi connectivity index (χ4v) is 7.54. The van der Waals surface area contributed by atoms with Crippen molar-refractivity contribution in [3.8, 4) is 45.3 Å². The first-order valence-corrected chi connectivity index (χ1v) is 17.2. The highest BCUT2D eigenvalue weighted by Gasteiger charge is 2.21. The summed E-state index contributed by atoms with van der Waals surface area (Å²) < 4.78 is 8.92. The van der Waals surface area contributed by atoms with E-state index in [2.05, 4.69) is 67.2 Å². The molecule has 9 rings (SSSR count). The van der Waals surface area contributed by atoms with Gasteiger partial charge < -0.3 is 4.42 Å². The second-order valence-corrected chi connectivity index (χ2v) is 12.9. The number of allylic oxidation sites excluding steroid dienone is 4. The fraction of sp³-hybridized carbons (Fsp3) is 0. The first-order chi connectivity index (χ1) is 24.7. The maximum absolute atomic E-state index is 6.69. The van der Waals surface area contributed by atoms with Crippen molar-refractivity contribution < 1.29 is 4.42 Å². The largest absolute Gasteiger partial charge is 0.455 e. The van der Waals surface area contributed by atoms with Gasteiger partial charge in [-0.1, -0.05) is 134 Å². The molecule has 0 aliphatic heterocycles. The minimum absolute atomic E-state index is 0.596. The number of hydrogen-bond donors (Lipinski definition) is 0. The number of benzene rings is 5. The van der Waals surface area contributed by atoms with Crippen LogP contribution in [0.5, 0.6) is 0 Å². The Bertz CT molecular complexity index is 2720. The molecule has 6 heteroatoms. The summed E-state index contributed by atoms with van der Waals surface area (Å²) in [6.45, 7) is 3.79. The van der Waals surface area contributed by atoms with Crippen molar-refractivity contribution in [3.63, 3.8) is 0 Å². The summed E-state index contributed by atoms with van der Waals surface area (Å²) in [6, 6.07) is 43.1. The van der Waals surface area contributed by atoms with Gasteiger partial charge in [0.15, 0.2) is 11.6 Å². The van der Waals surface area contributed by atoms with Crippen molar-refractivity contribution in [2.24, 2.45) is 0 Å². The van der Waals surface area contributed by atoms with Gasteiger partial charge in [0.2, 0.25) is 0 Å². The Balaban J connectivity index is 1.27. The molecule has 4 aromatic heterocycles. The second kappa shape index (κ2) is 12.5. The van der Waals surface area contributed by atoms with Crippen LogP contribution in [0.3, 0.4) is 0 Å². The van der Waals surface area contributed by atoms with Crippen molar-refractivity contribution in [3.05, 3.63) is 164 Å². The molecule has 0 saturated carbocycles. The van der Waals surface area contributed by atoms with Gasteiger partial charge in [-0.05, 0) is 30.3 Å². The zero-order valence-corrected chi connectivity index (χ0v) is 27.6. The van der Waals surface area contributed by atoms with E-state index in [0.717, 1.165) is 76.9 Å². The van der Waals surface area contributed by atoms with Crippen LogP contribution in [0.1, 0.15) is 5.69 Å². The molecule has 0 saturated heterocycles. The molecule has 0 radical (unpaired) electrons. The van der Waals surface area contributed by atoms with Crippen molar-refractivity contribution in [1.29, 1.82) is 0 Å². The lowest BCUT2D eigenvalue weighted by Crippen LogP contribution is -1.96. The van der Waals surface area contributed by atoms with E-state index in [1.54, 1.807) is 17.4 Å². The molecule has 0 aliphatic carbocycles. The molecule has 0 bridgehead atoms. The molecule has 0 unspecified atom stereocenters. The quantitative estimate of drug-likeness (QED) is 0.159. The minimum Gasteiger partial charge on any atom is -0.455 e. The lowest BCUT2D eigenvalue weighted by Gasteiger charge is -2.09. The minimum atomic E-state index is 0.596. The summed E-state index contributed by atoms with van der Waals surface area (Å²) in [4.78, 5) is 20.6. The smallest absolute Gasteiger partial charge is 0.164 e. The van der Waals surface area contributed by atoms with E-state index in [1.165, 1.54) is 4.70 Å². The zero-order valence-electron chi connectivity index (χ0n) is 26.8. The van der Waals surface area contributed by atoms with Crippen molar-refractivity contribution in [2.45, 2.75) is 0 Å². The van der Waals surface area contributed by atoms with Crippen LogP contribution in [0.15, 0.2) is 163 Å². The Morgan fingerprint density at radius 1 is 0.580 bits per heavy atom. The number of rotatable bonds is 7. The summed E-state index contributed by atoms with van der Waals surface area (Å²) in [5.41, 5.74) is 8.71. The van der Waals surface area contributed by atoms with Crippen LogP contribution in [0, 0.1) is 0 Å². The molecular formula is C44H28N4OS. The van der Waals surface area contributed by atoms with Crippen LogP contribution >= 0.6 is 11.3 Å². The summed E-state index contributed by atoms with van der Waals surface area (Å²) in [7, 11) is 0. The highest BCUT2D eigenvalue weighted by Crippen LogP contribution is 2.42. The van der Waals surface area contributed by atoms with Crippen molar-refractivity contribution >= 4 is 59.7 Å². The molecule has 4 heterocycles. The van der Waals surface area contributed by atoms with E-state index in [0.29, 0.717) is 11.6 Å². The Kier molecular flexibility index (Phi) is 7.41. The molecule has 5 nitrogen and oxygen atoms in total. The molecule has 0 spiro atoms. The van der Waals surface area contributed by atoms with Crippen LogP contribution < -0.4 is 0 Å². The molecule has 9 aromatic rings. The fourth-order valence-electron chi connectivity index (χ4n) is 6.43. The summed E-state index contributed by atoms with van der Waals surface area (Å²) in [5.74, 6) is 1.24. The van der Waals surface area contributed by atoms with Gasteiger partial charge in [0, 0.05) is 37.5 Å². The average molecular weight is 661 g/mol. The third-order valence-electron chi connectivity index (χ3n) is 8.73. The predicted molar refractivity (Wildman–Crippen MR) is 208 cm³/mol. The monoisotopic (exact) mass is 660 g/mol. The van der Waals surface area contributed by atoms with E-state index in [4.69, 9.17) is 24.4 Å². The lowest BCUT2D eigenvalue weighted by atomic mass is 10.0. The van der Waals surface area contributed by atoms with E-state index in [1.807, 2.05) is 91.0 Å². The van der Waals surface area contributed by atoms with E-state index < -0.39 is 0 Å². The molecule has 5 aromatic carbocycles. The van der Waals surface area contributed by atoms with Crippen LogP contribution in [0.25, 0.3) is 93.6 Å². The van der Waals surface area contributed by atoms with Gasteiger partial charge in [-0.3, -0.25) is 0 Å². The predicted octanol–water partition coefficient (Wildman–Crippen LogP) is 12.0. The Morgan fingerprint density at radius 3 is 2.00 bits per heavy atom. The first kappa shape index (κ1) is 29.6. The van der Waals surface area contributed by atoms with Crippen LogP contribution in [0.2, 0.25) is 0 Å². The summed E-state index contributed by atoms with van der Waals surface area (Å²) in [6.07, 6.45) is 9.65. The number of thiophene rings is 1. The summed E-state index contributed by atoms with van der Waals surface area (Å²) in [5, 5.41) is 3.02. The van der Waals surface area contributed by atoms with Gasteiger partial charge in [0.1, 0.15) is 11.2 Å². The molecule has 0 aliphatic rings. The number of aromatic nitrogens is 4. The van der Waals surface area contributed by atoms with Crippen molar-refractivity contribution in [1.82, 2.24) is 19.9 Å². The average Bonchev–Trinajstić information content (AvgIpc) is 3.76. The molecular weight excluding hydrogens is 633 g/mol. The van der Waals surface area contributed by atoms with Crippen LogP contribution in [-0.4, -0.2) is 19.9 Å². The molecule has 0 fully saturated rings. The SMILES string of the molecule is C=C/C=C\C=C\c1nc(-c2cccc3oc4c(-c5nc(-c6ccccc6)cc(-c6ccccc6)n5)cccc4c23)nc2c1sc1ccccc12. The number of furan rings is 1. The summed E-state index contributed by atoms with van der Waals surface area (Å²) >= 11 is 1.71. The molecule has 50 heavy (non-hydrogen) atoms.